The number of aliphatic hydroxyl groups excluding tert-OH is 2. The molecule has 0 unspecified atom stereocenters. The molecular weight excluding hydrogens is 408 g/mol. The molecule has 0 aliphatic heterocycles. The number of hydrogen-bond acceptors (Lipinski definition) is 6. The molecule has 0 aromatic heterocycles. The summed E-state index contributed by atoms with van der Waals surface area (Å²) in [5, 5.41) is 23.0. The highest BCUT2D eigenvalue weighted by atomic mass is 16.7. The molecule has 166 valence electrons. The summed E-state index contributed by atoms with van der Waals surface area (Å²) in [6, 6.07) is 19.4. The van der Waals surface area contributed by atoms with Gasteiger partial charge < -0.3 is 29.2 Å². The monoisotopic (exact) mass is 434 g/mol. The van der Waals surface area contributed by atoms with E-state index < -0.39 is 0 Å². The third-order valence-corrected chi connectivity index (χ3v) is 5.37. The van der Waals surface area contributed by atoms with Crippen molar-refractivity contribution in [3.63, 3.8) is 0 Å². The van der Waals surface area contributed by atoms with E-state index in [9.17, 15) is 10.2 Å². The van der Waals surface area contributed by atoms with Gasteiger partial charge in [-0.2, -0.15) is 0 Å². The summed E-state index contributed by atoms with van der Waals surface area (Å²) in [4.78, 5) is 0. The molecule has 2 N–H and O–H groups in total. The van der Waals surface area contributed by atoms with Gasteiger partial charge in [0.25, 0.3) is 0 Å². The molecular formula is C26H26O6. The molecule has 6 nitrogen and oxygen atoms in total. The molecule has 32 heavy (non-hydrogen) atoms. The van der Waals surface area contributed by atoms with E-state index in [1.807, 2.05) is 60.7 Å². The molecule has 0 aliphatic rings. The lowest BCUT2D eigenvalue weighted by atomic mass is 9.91. The summed E-state index contributed by atoms with van der Waals surface area (Å²) in [7, 11) is 3.16. The lowest BCUT2D eigenvalue weighted by molar-refractivity contribution is 0.0502. The average Bonchev–Trinajstić information content (AvgIpc) is 2.84. The molecule has 0 saturated carbocycles. The van der Waals surface area contributed by atoms with Crippen LogP contribution in [0.3, 0.4) is 0 Å². The van der Waals surface area contributed by atoms with Crippen LogP contribution in [0.2, 0.25) is 0 Å². The second-order valence-electron chi connectivity index (χ2n) is 7.41. The van der Waals surface area contributed by atoms with Crippen molar-refractivity contribution in [1.29, 1.82) is 0 Å². The number of hydrogen-bond donors (Lipinski definition) is 2. The Labute approximate surface area is 186 Å². The first-order valence-electron chi connectivity index (χ1n) is 10.3. The summed E-state index contributed by atoms with van der Waals surface area (Å²) in [5.41, 5.74) is 3.38. The van der Waals surface area contributed by atoms with Crippen molar-refractivity contribution in [2.45, 2.75) is 13.2 Å². The first-order chi connectivity index (χ1) is 15.7. The van der Waals surface area contributed by atoms with E-state index in [0.29, 0.717) is 11.5 Å². The molecule has 6 heteroatoms. The quantitative estimate of drug-likeness (QED) is 0.375. The molecule has 0 atom stereocenters. The van der Waals surface area contributed by atoms with Crippen molar-refractivity contribution in [3.05, 3.63) is 71.8 Å². The highest BCUT2D eigenvalue weighted by Gasteiger charge is 2.19. The highest BCUT2D eigenvalue weighted by Crippen LogP contribution is 2.45. The van der Waals surface area contributed by atoms with Gasteiger partial charge >= 0.3 is 0 Å². The molecule has 0 radical (unpaired) electrons. The van der Waals surface area contributed by atoms with Crippen molar-refractivity contribution in [2.24, 2.45) is 0 Å². The van der Waals surface area contributed by atoms with E-state index in [1.165, 1.54) is 0 Å². The predicted molar refractivity (Wildman–Crippen MR) is 124 cm³/mol. The molecule has 0 saturated heterocycles. The van der Waals surface area contributed by atoms with Crippen LogP contribution in [-0.2, 0) is 22.7 Å². The van der Waals surface area contributed by atoms with E-state index in [0.717, 1.165) is 43.8 Å². The van der Waals surface area contributed by atoms with Crippen LogP contribution < -0.4 is 9.47 Å². The van der Waals surface area contributed by atoms with Crippen LogP contribution in [0.25, 0.3) is 32.7 Å². The fourth-order valence-corrected chi connectivity index (χ4v) is 3.92. The number of ether oxygens (including phenoxy) is 4. The molecule has 4 rings (SSSR count). The number of methoxy groups -OCH3 is 2. The Balaban J connectivity index is 2.07. The fourth-order valence-electron chi connectivity index (χ4n) is 3.92. The Morgan fingerprint density at radius 3 is 1.41 bits per heavy atom. The molecule has 4 aromatic rings. The standard InChI is InChI=1S/C26H26O6/c1-29-15-31-23-9-5-19-11-17(13-27)3-7-21(19)25(23)26-22-8-4-18(14-28)12-20(22)6-10-24(26)32-16-30-2/h3-12,27-28H,13-16H2,1-2H3. The lowest BCUT2D eigenvalue weighted by Gasteiger charge is -2.20. The zero-order valence-electron chi connectivity index (χ0n) is 18.1. The van der Waals surface area contributed by atoms with E-state index in [-0.39, 0.29) is 26.8 Å². The van der Waals surface area contributed by atoms with Crippen molar-refractivity contribution >= 4 is 21.5 Å². The van der Waals surface area contributed by atoms with Crippen LogP contribution >= 0.6 is 0 Å². The number of benzene rings is 4. The molecule has 0 bridgehead atoms. The average molecular weight is 434 g/mol. The van der Waals surface area contributed by atoms with Gasteiger partial charge in [0, 0.05) is 25.3 Å². The SMILES string of the molecule is COCOc1ccc2cc(CO)ccc2c1-c1c(OCOC)ccc2cc(CO)ccc12. The van der Waals surface area contributed by atoms with Gasteiger partial charge in [-0.25, -0.2) is 0 Å². The molecule has 0 spiro atoms. The summed E-state index contributed by atoms with van der Waals surface area (Å²) in [6.45, 7) is 0.128. The van der Waals surface area contributed by atoms with E-state index in [4.69, 9.17) is 18.9 Å². The Kier molecular flexibility index (Phi) is 6.87. The Morgan fingerprint density at radius 1 is 0.594 bits per heavy atom. The van der Waals surface area contributed by atoms with E-state index in [1.54, 1.807) is 14.2 Å². The second-order valence-corrected chi connectivity index (χ2v) is 7.41. The topological polar surface area (TPSA) is 77.4 Å². The number of fused-ring (bicyclic) bond motifs is 2. The minimum absolute atomic E-state index is 0.0341. The minimum atomic E-state index is -0.0341. The van der Waals surface area contributed by atoms with Crippen LogP contribution in [0.15, 0.2) is 60.7 Å². The fraction of sp³-hybridized carbons (Fsp3) is 0.231. The summed E-state index contributed by atoms with van der Waals surface area (Å²) >= 11 is 0. The Hall–Kier alpha value is -3.16. The smallest absolute Gasteiger partial charge is 0.188 e. The maximum Gasteiger partial charge on any atom is 0.188 e. The van der Waals surface area contributed by atoms with Gasteiger partial charge in [0.05, 0.1) is 13.2 Å². The van der Waals surface area contributed by atoms with Gasteiger partial charge in [-0.1, -0.05) is 36.4 Å². The maximum atomic E-state index is 9.59. The summed E-state index contributed by atoms with van der Waals surface area (Å²) in [5.74, 6) is 1.30. The summed E-state index contributed by atoms with van der Waals surface area (Å²) in [6.07, 6.45) is 0. The van der Waals surface area contributed by atoms with Crippen molar-refractivity contribution in [3.8, 4) is 22.6 Å². The van der Waals surface area contributed by atoms with E-state index >= 15 is 0 Å². The number of aliphatic hydroxyl groups is 2. The molecule has 4 aromatic carbocycles. The van der Waals surface area contributed by atoms with Crippen LogP contribution in [-0.4, -0.2) is 38.0 Å². The van der Waals surface area contributed by atoms with Crippen LogP contribution in [0.5, 0.6) is 11.5 Å². The van der Waals surface area contributed by atoms with Crippen molar-refractivity contribution < 1.29 is 29.2 Å². The van der Waals surface area contributed by atoms with Crippen molar-refractivity contribution in [1.82, 2.24) is 0 Å². The number of rotatable bonds is 9. The Bertz CT molecular complexity index is 1140. The highest BCUT2D eigenvalue weighted by molar-refractivity contribution is 6.10. The molecule has 0 fully saturated rings. The lowest BCUT2D eigenvalue weighted by Crippen LogP contribution is -2.04. The zero-order chi connectivity index (χ0) is 22.5. The molecule has 0 amide bonds. The first kappa shape index (κ1) is 22.0. The predicted octanol–water partition coefficient (Wildman–Crippen LogP) is 4.61. The van der Waals surface area contributed by atoms with Gasteiger partial charge in [-0.05, 0) is 56.9 Å². The van der Waals surface area contributed by atoms with Gasteiger partial charge in [0.2, 0.25) is 0 Å². The third kappa shape index (κ3) is 4.26. The minimum Gasteiger partial charge on any atom is -0.467 e. The first-order valence-corrected chi connectivity index (χ1v) is 10.3. The van der Waals surface area contributed by atoms with Gasteiger partial charge in [0.1, 0.15) is 11.5 Å². The summed E-state index contributed by atoms with van der Waals surface area (Å²) < 4.78 is 22.2. The molecule has 0 aliphatic carbocycles. The van der Waals surface area contributed by atoms with Crippen LogP contribution in [0.4, 0.5) is 0 Å². The van der Waals surface area contributed by atoms with Crippen LogP contribution in [0, 0.1) is 0 Å². The van der Waals surface area contributed by atoms with Gasteiger partial charge in [0.15, 0.2) is 13.6 Å². The van der Waals surface area contributed by atoms with E-state index in [2.05, 4.69) is 0 Å². The van der Waals surface area contributed by atoms with Gasteiger partial charge in [-0.3, -0.25) is 0 Å². The zero-order valence-corrected chi connectivity index (χ0v) is 18.1. The third-order valence-electron chi connectivity index (χ3n) is 5.37. The van der Waals surface area contributed by atoms with Crippen molar-refractivity contribution in [2.75, 3.05) is 27.8 Å². The van der Waals surface area contributed by atoms with Gasteiger partial charge in [-0.15, -0.1) is 0 Å². The van der Waals surface area contributed by atoms with Crippen LogP contribution in [0.1, 0.15) is 11.1 Å². The molecule has 0 heterocycles. The second kappa shape index (κ2) is 9.97. The maximum absolute atomic E-state index is 9.59. The Morgan fingerprint density at radius 2 is 1.03 bits per heavy atom. The normalized spacial score (nSPS) is 11.2. The largest absolute Gasteiger partial charge is 0.467 e.